The summed E-state index contributed by atoms with van der Waals surface area (Å²) in [4.78, 5) is 45.7. The van der Waals surface area contributed by atoms with E-state index in [4.69, 9.17) is 11.3 Å². The molecule has 0 aromatic heterocycles. The highest BCUT2D eigenvalue weighted by molar-refractivity contribution is 6.03. The Morgan fingerprint density at radius 2 is 1.69 bits per heavy atom. The predicted molar refractivity (Wildman–Crippen MR) is 185 cm³/mol. The number of fused-ring (bicyclic) bond motifs is 7. The largest absolute Gasteiger partial charge is 0.497 e. The average Bonchev–Trinajstić information content (AvgIpc) is 3.03. The molecule has 3 saturated carbocycles. The number of benzene rings is 1. The molecule has 1 aromatic carbocycles. The van der Waals surface area contributed by atoms with Crippen molar-refractivity contribution in [1.82, 2.24) is 5.32 Å². The number of nitrogens with one attached hydrogen (secondary N) is 1. The Kier molecular flexibility index (Phi) is 7.79. The van der Waals surface area contributed by atoms with Crippen molar-refractivity contribution in [2.75, 3.05) is 7.11 Å². The number of rotatable bonds is 4. The summed E-state index contributed by atoms with van der Waals surface area (Å²) in [6, 6.07) is 9.29. The van der Waals surface area contributed by atoms with Crippen LogP contribution in [-0.4, -0.2) is 30.1 Å². The van der Waals surface area contributed by atoms with E-state index >= 15 is 0 Å². The van der Waals surface area contributed by atoms with Crippen LogP contribution in [0.3, 0.4) is 0 Å². The fourth-order valence-electron chi connectivity index (χ4n) is 11.2. The lowest BCUT2D eigenvalue weighted by molar-refractivity contribution is -0.163. The van der Waals surface area contributed by atoms with Crippen LogP contribution in [-0.2, 0) is 14.4 Å². The van der Waals surface area contributed by atoms with Crippen molar-refractivity contribution in [3.8, 4) is 11.8 Å². The van der Waals surface area contributed by atoms with Crippen molar-refractivity contribution >= 4 is 23.0 Å². The third-order valence-corrected chi connectivity index (χ3v) is 14.0. The number of carbonyl (C=O) groups excluding carboxylic acids is 3. The zero-order valence-electron chi connectivity index (χ0n) is 29.8. The standard InChI is InChI=1S/C41H49N3O4/c1-36(2)16-18-41(44-33(46)20-26(24-42)25-10-12-27(48-9)13-11-25)19-17-40(7)34(28(41)22-36)30(45)21-32-38(5)23-29(43-8)35(47)37(3,4)31(38)14-15-39(32,40)6/h10-13,20-21,23,28,31,34H,14-19,22H2,1-7,9H3,(H,44,46)/b26-20+/t28-,31-,34-,38-,39+,40+,41-/m0/s1. The predicted octanol–water partition coefficient (Wildman–Crippen LogP) is 8.04. The first-order valence-corrected chi connectivity index (χ1v) is 17.4. The van der Waals surface area contributed by atoms with Gasteiger partial charge in [0.2, 0.25) is 11.6 Å². The van der Waals surface area contributed by atoms with Gasteiger partial charge in [0.25, 0.3) is 0 Å². The van der Waals surface area contributed by atoms with E-state index in [0.717, 1.165) is 50.5 Å². The molecule has 0 saturated heterocycles. The lowest BCUT2D eigenvalue weighted by Crippen LogP contribution is -2.69. The molecule has 1 amide bonds. The van der Waals surface area contributed by atoms with E-state index in [2.05, 4.69) is 50.8 Å². The third kappa shape index (κ3) is 4.75. The van der Waals surface area contributed by atoms with E-state index < -0.39 is 16.4 Å². The Labute approximate surface area is 285 Å². The number of carbonyl (C=O) groups is 3. The van der Waals surface area contributed by atoms with Crippen LogP contribution in [0.5, 0.6) is 5.75 Å². The van der Waals surface area contributed by atoms with Crippen LogP contribution in [0.4, 0.5) is 0 Å². The van der Waals surface area contributed by atoms with Gasteiger partial charge in [-0.3, -0.25) is 9.59 Å². The first-order valence-electron chi connectivity index (χ1n) is 17.4. The van der Waals surface area contributed by atoms with Crippen LogP contribution in [0.2, 0.25) is 0 Å². The van der Waals surface area contributed by atoms with Gasteiger partial charge < -0.3 is 14.8 Å². The van der Waals surface area contributed by atoms with Gasteiger partial charge in [0.05, 0.1) is 25.3 Å². The number of ether oxygens (including phenoxy) is 1. The minimum atomic E-state index is -0.701. The third-order valence-electron chi connectivity index (χ3n) is 14.0. The molecule has 1 aromatic rings. The van der Waals surface area contributed by atoms with Gasteiger partial charge in [-0.25, -0.2) is 4.85 Å². The number of allylic oxidation sites excluding steroid dienone is 5. The molecule has 5 aliphatic rings. The molecule has 5 aliphatic carbocycles. The van der Waals surface area contributed by atoms with Crippen LogP contribution in [0, 0.1) is 62.7 Å². The Morgan fingerprint density at radius 3 is 2.31 bits per heavy atom. The molecule has 7 atom stereocenters. The first kappa shape index (κ1) is 33.9. The van der Waals surface area contributed by atoms with Gasteiger partial charge in [-0.1, -0.05) is 60.1 Å². The number of hydrogen-bond acceptors (Lipinski definition) is 5. The minimum Gasteiger partial charge on any atom is -0.497 e. The Hall–Kier alpha value is -3.97. The van der Waals surface area contributed by atoms with Crippen molar-refractivity contribution in [2.45, 2.75) is 99.0 Å². The fourth-order valence-corrected chi connectivity index (χ4v) is 11.2. The molecule has 7 heteroatoms. The summed E-state index contributed by atoms with van der Waals surface area (Å²) < 4.78 is 5.25. The summed E-state index contributed by atoms with van der Waals surface area (Å²) in [7, 11) is 1.58. The molecule has 0 aliphatic heterocycles. The molecule has 0 radical (unpaired) electrons. The number of amides is 1. The average molecular weight is 648 g/mol. The van der Waals surface area contributed by atoms with Gasteiger partial charge >= 0.3 is 0 Å². The molecule has 7 nitrogen and oxygen atoms in total. The lowest BCUT2D eigenvalue weighted by Gasteiger charge is -2.69. The minimum absolute atomic E-state index is 0.00215. The lowest BCUT2D eigenvalue weighted by atomic mass is 9.35. The second kappa shape index (κ2) is 11.0. The first-order chi connectivity index (χ1) is 22.4. The molecule has 0 bridgehead atoms. The summed E-state index contributed by atoms with van der Waals surface area (Å²) in [6.07, 6.45) is 10.9. The molecule has 1 N–H and O–H groups in total. The highest BCUT2D eigenvalue weighted by Crippen LogP contribution is 2.73. The number of methoxy groups -OCH3 is 1. The van der Waals surface area contributed by atoms with Gasteiger partial charge in [0.1, 0.15) is 5.75 Å². The van der Waals surface area contributed by atoms with Crippen LogP contribution >= 0.6 is 0 Å². The summed E-state index contributed by atoms with van der Waals surface area (Å²) in [5.74, 6) is 0.00800. The Morgan fingerprint density at radius 1 is 1.02 bits per heavy atom. The smallest absolute Gasteiger partial charge is 0.245 e. The van der Waals surface area contributed by atoms with Crippen LogP contribution in [0.15, 0.2) is 53.8 Å². The van der Waals surface area contributed by atoms with Gasteiger partial charge in [0.15, 0.2) is 11.6 Å². The molecule has 252 valence electrons. The van der Waals surface area contributed by atoms with E-state index in [1.807, 2.05) is 26.0 Å². The highest BCUT2D eigenvalue weighted by Gasteiger charge is 2.70. The van der Waals surface area contributed by atoms with Gasteiger partial charge in [-0.15, -0.1) is 0 Å². The van der Waals surface area contributed by atoms with Gasteiger partial charge in [0, 0.05) is 28.4 Å². The molecule has 0 unspecified atom stereocenters. The van der Waals surface area contributed by atoms with Crippen molar-refractivity contribution in [3.05, 3.63) is 70.7 Å². The molecule has 48 heavy (non-hydrogen) atoms. The number of nitrogens with zero attached hydrogens (tertiary/aromatic N) is 2. The summed E-state index contributed by atoms with van der Waals surface area (Å²) in [6.45, 7) is 23.1. The zero-order valence-corrected chi connectivity index (χ0v) is 29.8. The van der Waals surface area contributed by atoms with Crippen molar-refractivity contribution in [2.24, 2.45) is 44.8 Å². The van der Waals surface area contributed by atoms with Crippen molar-refractivity contribution in [1.29, 1.82) is 5.26 Å². The topological polar surface area (TPSA) is 101 Å². The summed E-state index contributed by atoms with van der Waals surface area (Å²) in [5.41, 5.74) is -0.364. The SMILES string of the molecule is [C-]#[N+]C1=C[C@]2(C)C3=CC(=O)[C@@H]4[C@@H]5CC(C)(C)CC[C@]5(NC(=O)/C=C(\C#N)c5ccc(OC)cc5)CC[C@@]4(C)[C@]3(C)CC[C@H]2C(C)(C)C1=O. The van der Waals surface area contributed by atoms with Crippen LogP contribution in [0.25, 0.3) is 10.4 Å². The molecule has 0 spiro atoms. The Bertz CT molecular complexity index is 1770. The fraction of sp³-hybridized carbons (Fsp3) is 0.585. The molecular weight excluding hydrogens is 598 g/mol. The summed E-state index contributed by atoms with van der Waals surface area (Å²) in [5, 5.41) is 13.4. The van der Waals surface area contributed by atoms with E-state index in [-0.39, 0.29) is 62.7 Å². The van der Waals surface area contributed by atoms with Crippen molar-refractivity contribution in [3.63, 3.8) is 0 Å². The van der Waals surface area contributed by atoms with Crippen LogP contribution < -0.4 is 10.1 Å². The molecule has 0 heterocycles. The van der Waals surface area contributed by atoms with E-state index in [0.29, 0.717) is 11.3 Å². The maximum Gasteiger partial charge on any atom is 0.245 e. The normalized spacial score (nSPS) is 38.0. The van der Waals surface area contributed by atoms with Crippen LogP contribution in [0.1, 0.15) is 99.0 Å². The monoisotopic (exact) mass is 647 g/mol. The highest BCUT2D eigenvalue weighted by atomic mass is 16.5. The molecule has 6 rings (SSSR count). The number of hydrogen-bond donors (Lipinski definition) is 1. The number of ketones is 2. The van der Waals surface area contributed by atoms with E-state index in [1.165, 1.54) is 6.08 Å². The molecule has 3 fully saturated rings. The zero-order chi connectivity index (χ0) is 35.1. The van der Waals surface area contributed by atoms with Gasteiger partial charge in [-0.2, -0.15) is 5.26 Å². The van der Waals surface area contributed by atoms with Gasteiger partial charge in [-0.05, 0) is 109 Å². The second-order valence-corrected chi connectivity index (χ2v) is 17.3. The summed E-state index contributed by atoms with van der Waals surface area (Å²) >= 11 is 0. The maximum atomic E-state index is 14.8. The second-order valence-electron chi connectivity index (χ2n) is 17.3. The van der Waals surface area contributed by atoms with Crippen molar-refractivity contribution < 1.29 is 19.1 Å². The maximum absolute atomic E-state index is 14.8. The van der Waals surface area contributed by atoms with E-state index in [1.54, 1.807) is 31.4 Å². The Balaban J connectivity index is 1.41. The quantitative estimate of drug-likeness (QED) is 0.203. The van der Waals surface area contributed by atoms with E-state index in [9.17, 15) is 19.6 Å². The number of Topliss-reactive ketones (excluding diaryl/α,β-unsaturated/α-hetero) is 1. The number of nitriles is 1. The molecular formula is C41H49N3O4.